The zero-order valence-electron chi connectivity index (χ0n) is 8.41. The van der Waals surface area contributed by atoms with Gasteiger partial charge in [-0.25, -0.2) is 0 Å². The molecular formula is C11H12N2O2. The van der Waals surface area contributed by atoms with E-state index in [0.29, 0.717) is 0 Å². The number of hydrogen-bond donors (Lipinski definition) is 2. The Morgan fingerprint density at radius 3 is 3.07 bits per heavy atom. The highest BCUT2D eigenvalue weighted by atomic mass is 16.6. The lowest BCUT2D eigenvalue weighted by molar-refractivity contribution is -0.120. The molecule has 0 aliphatic rings. The van der Waals surface area contributed by atoms with Gasteiger partial charge in [0.1, 0.15) is 6.61 Å². The van der Waals surface area contributed by atoms with Crippen molar-refractivity contribution < 1.29 is 9.63 Å². The van der Waals surface area contributed by atoms with E-state index in [2.05, 4.69) is 10.5 Å². The number of aromatic amines is 1. The third kappa shape index (κ3) is 2.16. The lowest BCUT2D eigenvalue weighted by Gasteiger charge is -2.02. The number of carbonyl (C=O) groups is 1. The molecule has 2 N–H and O–H groups in total. The van der Waals surface area contributed by atoms with E-state index in [0.717, 1.165) is 16.6 Å². The van der Waals surface area contributed by atoms with Crippen LogP contribution >= 0.6 is 0 Å². The molecule has 0 unspecified atom stereocenters. The van der Waals surface area contributed by atoms with Crippen LogP contribution in [-0.2, 0) is 9.63 Å². The molecule has 1 aromatic heterocycles. The normalized spacial score (nSPS) is 10.5. The number of hydrogen-bond acceptors (Lipinski definition) is 3. The Morgan fingerprint density at radius 1 is 1.47 bits per heavy atom. The van der Waals surface area contributed by atoms with Crippen molar-refractivity contribution in [1.29, 1.82) is 0 Å². The van der Waals surface area contributed by atoms with Crippen molar-refractivity contribution in [2.45, 2.75) is 6.92 Å². The molecule has 0 bridgehead atoms. The minimum atomic E-state index is -0.0117. The molecule has 0 spiro atoms. The third-order valence-electron chi connectivity index (χ3n) is 2.05. The average molecular weight is 204 g/mol. The highest BCUT2D eigenvalue weighted by Gasteiger charge is 2.02. The molecule has 15 heavy (non-hydrogen) atoms. The number of nitrogens with one attached hydrogen (secondary N) is 2. The molecule has 2 rings (SSSR count). The van der Waals surface area contributed by atoms with Crippen LogP contribution in [0.15, 0.2) is 30.5 Å². The average Bonchev–Trinajstić information content (AvgIpc) is 2.62. The maximum atomic E-state index is 10.7. The standard InChI is InChI=1S/C11H12N2O2/c1-8(14)7-15-13-11-6-12-10-5-3-2-4-9(10)11/h2-6,12-13H,7H2,1H3. The molecule has 0 saturated heterocycles. The highest BCUT2D eigenvalue weighted by molar-refractivity contribution is 5.91. The van der Waals surface area contributed by atoms with Gasteiger partial charge in [0.05, 0.1) is 5.69 Å². The van der Waals surface area contributed by atoms with Crippen LogP contribution in [0.2, 0.25) is 0 Å². The molecular weight excluding hydrogens is 192 g/mol. The van der Waals surface area contributed by atoms with E-state index in [1.165, 1.54) is 6.92 Å². The van der Waals surface area contributed by atoms with E-state index < -0.39 is 0 Å². The predicted molar refractivity (Wildman–Crippen MR) is 58.6 cm³/mol. The lowest BCUT2D eigenvalue weighted by Crippen LogP contribution is -2.08. The van der Waals surface area contributed by atoms with E-state index in [4.69, 9.17) is 4.84 Å². The Hall–Kier alpha value is -1.81. The van der Waals surface area contributed by atoms with Crippen molar-refractivity contribution in [3.05, 3.63) is 30.5 Å². The van der Waals surface area contributed by atoms with Gasteiger partial charge in [0, 0.05) is 17.1 Å². The quantitative estimate of drug-likeness (QED) is 0.750. The minimum Gasteiger partial charge on any atom is -0.359 e. The summed E-state index contributed by atoms with van der Waals surface area (Å²) >= 11 is 0. The monoisotopic (exact) mass is 204 g/mol. The smallest absolute Gasteiger partial charge is 0.158 e. The van der Waals surface area contributed by atoms with Gasteiger partial charge in [-0.15, -0.1) is 0 Å². The minimum absolute atomic E-state index is 0.0117. The fourth-order valence-corrected chi connectivity index (χ4v) is 1.37. The Balaban J connectivity index is 2.11. The van der Waals surface area contributed by atoms with E-state index in [1.807, 2.05) is 30.5 Å². The van der Waals surface area contributed by atoms with E-state index >= 15 is 0 Å². The highest BCUT2D eigenvalue weighted by Crippen LogP contribution is 2.22. The van der Waals surface area contributed by atoms with Crippen LogP contribution in [0.4, 0.5) is 5.69 Å². The number of rotatable bonds is 4. The molecule has 0 saturated carbocycles. The summed E-state index contributed by atoms with van der Waals surface area (Å²) in [6.07, 6.45) is 1.81. The van der Waals surface area contributed by atoms with Gasteiger partial charge < -0.3 is 4.98 Å². The molecule has 1 aromatic carbocycles. The molecule has 78 valence electrons. The SMILES string of the molecule is CC(=O)CONc1c[nH]c2ccccc12. The summed E-state index contributed by atoms with van der Waals surface area (Å²) in [4.78, 5) is 18.8. The summed E-state index contributed by atoms with van der Waals surface area (Å²) in [6.45, 7) is 1.55. The number of anilines is 1. The number of Topliss-reactive ketones (excluding diaryl/α,β-unsaturated/α-hetero) is 1. The van der Waals surface area contributed by atoms with Crippen LogP contribution in [0.1, 0.15) is 6.92 Å². The number of aromatic nitrogens is 1. The Morgan fingerprint density at radius 2 is 2.27 bits per heavy atom. The fourth-order valence-electron chi connectivity index (χ4n) is 1.37. The van der Waals surface area contributed by atoms with E-state index in [1.54, 1.807) is 0 Å². The van der Waals surface area contributed by atoms with Crippen LogP contribution in [0.25, 0.3) is 10.9 Å². The van der Waals surface area contributed by atoms with Gasteiger partial charge in [-0.05, 0) is 13.0 Å². The van der Waals surface area contributed by atoms with Crippen LogP contribution in [0, 0.1) is 0 Å². The Kier molecular flexibility index (Phi) is 2.69. The van der Waals surface area contributed by atoms with Gasteiger partial charge in [0.15, 0.2) is 5.78 Å². The maximum Gasteiger partial charge on any atom is 0.158 e. The van der Waals surface area contributed by atoms with Gasteiger partial charge in [0.25, 0.3) is 0 Å². The van der Waals surface area contributed by atoms with Gasteiger partial charge >= 0.3 is 0 Å². The zero-order valence-corrected chi connectivity index (χ0v) is 8.41. The van der Waals surface area contributed by atoms with Crippen LogP contribution in [0.3, 0.4) is 0 Å². The summed E-state index contributed by atoms with van der Waals surface area (Å²) in [5.74, 6) is -0.0117. The first kappa shape index (κ1) is 9.73. The fraction of sp³-hybridized carbons (Fsp3) is 0.182. The molecule has 0 fully saturated rings. The number of para-hydroxylation sites is 1. The molecule has 0 aliphatic heterocycles. The second kappa shape index (κ2) is 4.14. The third-order valence-corrected chi connectivity index (χ3v) is 2.05. The molecule has 4 heteroatoms. The van der Waals surface area contributed by atoms with Crippen LogP contribution in [0.5, 0.6) is 0 Å². The van der Waals surface area contributed by atoms with Gasteiger partial charge in [-0.1, -0.05) is 18.2 Å². The molecule has 0 amide bonds. The van der Waals surface area contributed by atoms with Crippen LogP contribution < -0.4 is 5.48 Å². The Bertz CT molecular complexity index is 476. The van der Waals surface area contributed by atoms with Crippen molar-refractivity contribution in [1.82, 2.24) is 4.98 Å². The summed E-state index contributed by atoms with van der Waals surface area (Å²) < 4.78 is 0. The topological polar surface area (TPSA) is 54.1 Å². The van der Waals surface area contributed by atoms with Gasteiger partial charge in [-0.3, -0.25) is 15.1 Å². The molecule has 0 radical (unpaired) electrons. The number of fused-ring (bicyclic) bond motifs is 1. The first-order valence-electron chi connectivity index (χ1n) is 4.71. The van der Waals surface area contributed by atoms with E-state index in [9.17, 15) is 4.79 Å². The number of carbonyl (C=O) groups excluding carboxylic acids is 1. The summed E-state index contributed by atoms with van der Waals surface area (Å²) in [6, 6.07) is 7.86. The number of ketones is 1. The molecule has 4 nitrogen and oxygen atoms in total. The number of benzene rings is 1. The van der Waals surface area contributed by atoms with Crippen LogP contribution in [-0.4, -0.2) is 17.4 Å². The zero-order chi connectivity index (χ0) is 10.7. The second-order valence-electron chi connectivity index (χ2n) is 3.34. The van der Waals surface area contributed by atoms with Crippen molar-refractivity contribution in [2.75, 3.05) is 12.1 Å². The molecule has 0 atom stereocenters. The summed E-state index contributed by atoms with van der Waals surface area (Å²) in [5, 5.41) is 1.04. The second-order valence-corrected chi connectivity index (χ2v) is 3.34. The van der Waals surface area contributed by atoms with Gasteiger partial charge in [0.2, 0.25) is 0 Å². The van der Waals surface area contributed by atoms with Crippen molar-refractivity contribution in [3.8, 4) is 0 Å². The largest absolute Gasteiger partial charge is 0.359 e. The maximum absolute atomic E-state index is 10.7. The van der Waals surface area contributed by atoms with Crippen molar-refractivity contribution in [2.24, 2.45) is 0 Å². The van der Waals surface area contributed by atoms with Crippen molar-refractivity contribution >= 4 is 22.4 Å². The summed E-state index contributed by atoms with van der Waals surface area (Å²) in [7, 11) is 0. The lowest BCUT2D eigenvalue weighted by atomic mass is 10.2. The Labute approximate surface area is 87.2 Å². The number of H-pyrrole nitrogens is 1. The molecule has 0 aliphatic carbocycles. The first-order valence-corrected chi connectivity index (χ1v) is 4.71. The predicted octanol–water partition coefficient (Wildman–Crippen LogP) is 2.10. The summed E-state index contributed by atoms with van der Waals surface area (Å²) in [5.41, 5.74) is 4.62. The van der Waals surface area contributed by atoms with Crippen molar-refractivity contribution in [3.63, 3.8) is 0 Å². The molecule has 2 aromatic rings. The van der Waals surface area contributed by atoms with E-state index in [-0.39, 0.29) is 12.4 Å². The van der Waals surface area contributed by atoms with Gasteiger partial charge in [-0.2, -0.15) is 0 Å². The molecule has 1 heterocycles. The first-order chi connectivity index (χ1) is 7.27.